The number of hydrogen-bond acceptors (Lipinski definition) is 2. The van der Waals surface area contributed by atoms with E-state index in [2.05, 4.69) is 24.5 Å². The third-order valence-corrected chi connectivity index (χ3v) is 3.63. The Labute approximate surface area is 93.0 Å². The van der Waals surface area contributed by atoms with E-state index < -0.39 is 0 Å². The van der Waals surface area contributed by atoms with Crippen LogP contribution in [0, 0.1) is 11.8 Å². The van der Waals surface area contributed by atoms with Crippen molar-refractivity contribution in [2.45, 2.75) is 46.1 Å². The lowest BCUT2D eigenvalue weighted by atomic mass is 9.93. The average Bonchev–Trinajstić information content (AvgIpc) is 2.57. The highest BCUT2D eigenvalue weighted by Gasteiger charge is 2.32. The van der Waals surface area contributed by atoms with E-state index in [1.54, 1.807) is 0 Å². The zero-order valence-corrected chi connectivity index (χ0v) is 10.2. The van der Waals surface area contributed by atoms with E-state index in [9.17, 15) is 4.79 Å². The van der Waals surface area contributed by atoms with Gasteiger partial charge in [-0.05, 0) is 31.2 Å². The molecule has 1 saturated carbocycles. The van der Waals surface area contributed by atoms with Crippen molar-refractivity contribution in [3.05, 3.63) is 0 Å². The number of carbonyl (C=O) groups is 1. The van der Waals surface area contributed by atoms with Crippen LogP contribution in [-0.2, 0) is 4.79 Å². The van der Waals surface area contributed by atoms with Crippen molar-refractivity contribution < 1.29 is 4.79 Å². The molecular formula is C12H24N2O. The van der Waals surface area contributed by atoms with Gasteiger partial charge in [0.25, 0.3) is 0 Å². The quantitative estimate of drug-likeness (QED) is 0.726. The van der Waals surface area contributed by atoms with Crippen molar-refractivity contribution >= 4 is 5.91 Å². The molecule has 0 radical (unpaired) electrons. The number of amides is 1. The molecule has 15 heavy (non-hydrogen) atoms. The van der Waals surface area contributed by atoms with E-state index in [1.807, 2.05) is 6.92 Å². The van der Waals surface area contributed by atoms with Gasteiger partial charge in [0, 0.05) is 6.04 Å². The Bertz CT molecular complexity index is 206. The first-order valence-corrected chi connectivity index (χ1v) is 6.19. The lowest BCUT2D eigenvalue weighted by Crippen LogP contribution is -2.42. The van der Waals surface area contributed by atoms with Crippen molar-refractivity contribution in [3.8, 4) is 0 Å². The molecule has 3 heteroatoms. The minimum atomic E-state index is 0.144. The van der Waals surface area contributed by atoms with Crippen molar-refractivity contribution in [2.75, 3.05) is 13.1 Å². The van der Waals surface area contributed by atoms with E-state index in [-0.39, 0.29) is 5.91 Å². The van der Waals surface area contributed by atoms with Crippen LogP contribution in [-0.4, -0.2) is 25.0 Å². The normalized spacial score (nSPS) is 30.5. The second-order valence-electron chi connectivity index (χ2n) is 4.56. The van der Waals surface area contributed by atoms with Crippen LogP contribution < -0.4 is 10.6 Å². The van der Waals surface area contributed by atoms with Gasteiger partial charge < -0.3 is 10.6 Å². The predicted octanol–water partition coefficient (Wildman–Crippen LogP) is 1.54. The first kappa shape index (κ1) is 12.5. The minimum Gasteiger partial charge on any atom is -0.352 e. The summed E-state index contributed by atoms with van der Waals surface area (Å²) in [6, 6.07) is 0.404. The Morgan fingerprint density at radius 1 is 1.33 bits per heavy atom. The molecule has 1 fully saturated rings. The van der Waals surface area contributed by atoms with E-state index in [4.69, 9.17) is 0 Å². The van der Waals surface area contributed by atoms with Crippen molar-refractivity contribution in [3.63, 3.8) is 0 Å². The zero-order valence-electron chi connectivity index (χ0n) is 10.2. The molecule has 88 valence electrons. The Morgan fingerprint density at radius 3 is 2.60 bits per heavy atom. The summed E-state index contributed by atoms with van der Waals surface area (Å²) in [5, 5.41) is 6.18. The Hall–Kier alpha value is -0.570. The van der Waals surface area contributed by atoms with Gasteiger partial charge in [-0.2, -0.15) is 0 Å². The van der Waals surface area contributed by atoms with Gasteiger partial charge in [-0.15, -0.1) is 0 Å². The van der Waals surface area contributed by atoms with Crippen molar-refractivity contribution in [1.29, 1.82) is 0 Å². The van der Waals surface area contributed by atoms with Gasteiger partial charge in [-0.3, -0.25) is 4.79 Å². The molecule has 1 rings (SSSR count). The Kier molecular flexibility index (Phi) is 5.09. The Balaban J connectivity index is 2.30. The third kappa shape index (κ3) is 3.49. The largest absolute Gasteiger partial charge is 0.352 e. The molecule has 0 aromatic rings. The van der Waals surface area contributed by atoms with Gasteiger partial charge in [-0.25, -0.2) is 0 Å². The number of carbonyl (C=O) groups excluding carboxylic acids is 1. The summed E-state index contributed by atoms with van der Waals surface area (Å²) in [4.78, 5) is 11.5. The summed E-state index contributed by atoms with van der Waals surface area (Å²) in [5.41, 5.74) is 0. The van der Waals surface area contributed by atoms with Gasteiger partial charge in [0.2, 0.25) is 5.91 Å². The van der Waals surface area contributed by atoms with Crippen LogP contribution in [0.15, 0.2) is 0 Å². The molecule has 2 N–H and O–H groups in total. The van der Waals surface area contributed by atoms with E-state index in [0.717, 1.165) is 18.9 Å². The SMILES string of the molecule is CCNCC(=O)NC1CCC(CC)C1C. The summed E-state index contributed by atoms with van der Waals surface area (Å²) in [6.07, 6.45) is 3.65. The molecule has 3 atom stereocenters. The van der Waals surface area contributed by atoms with Crippen LogP contribution in [0.5, 0.6) is 0 Å². The topological polar surface area (TPSA) is 41.1 Å². The molecule has 0 aromatic heterocycles. The van der Waals surface area contributed by atoms with Crippen molar-refractivity contribution in [1.82, 2.24) is 10.6 Å². The van der Waals surface area contributed by atoms with Gasteiger partial charge in [0.1, 0.15) is 0 Å². The first-order chi connectivity index (χ1) is 7.19. The van der Waals surface area contributed by atoms with Crippen LogP contribution in [0.25, 0.3) is 0 Å². The number of rotatable bonds is 5. The lowest BCUT2D eigenvalue weighted by molar-refractivity contribution is -0.121. The lowest BCUT2D eigenvalue weighted by Gasteiger charge is -2.21. The second-order valence-corrected chi connectivity index (χ2v) is 4.56. The Morgan fingerprint density at radius 2 is 2.07 bits per heavy atom. The number of likely N-dealkylation sites (N-methyl/N-ethyl adjacent to an activating group) is 1. The molecule has 0 aromatic carbocycles. The summed E-state index contributed by atoms with van der Waals surface area (Å²) in [7, 11) is 0. The van der Waals surface area contributed by atoms with E-state index in [0.29, 0.717) is 18.5 Å². The summed E-state index contributed by atoms with van der Waals surface area (Å²) < 4.78 is 0. The minimum absolute atomic E-state index is 0.144. The first-order valence-electron chi connectivity index (χ1n) is 6.19. The summed E-state index contributed by atoms with van der Waals surface area (Å²) in [5.74, 6) is 1.58. The molecule has 0 heterocycles. The third-order valence-electron chi connectivity index (χ3n) is 3.63. The van der Waals surface area contributed by atoms with Gasteiger partial charge in [0.05, 0.1) is 6.54 Å². The second kappa shape index (κ2) is 6.11. The summed E-state index contributed by atoms with van der Waals surface area (Å²) >= 11 is 0. The van der Waals surface area contributed by atoms with Crippen molar-refractivity contribution in [2.24, 2.45) is 11.8 Å². The number of hydrogen-bond donors (Lipinski definition) is 2. The van der Waals surface area contributed by atoms with Crippen LogP contribution >= 0.6 is 0 Å². The fourth-order valence-corrected chi connectivity index (χ4v) is 2.52. The maximum atomic E-state index is 11.5. The molecule has 1 aliphatic rings. The van der Waals surface area contributed by atoms with Crippen LogP contribution in [0.2, 0.25) is 0 Å². The van der Waals surface area contributed by atoms with Crippen LogP contribution in [0.3, 0.4) is 0 Å². The molecule has 0 aliphatic heterocycles. The maximum Gasteiger partial charge on any atom is 0.234 e. The van der Waals surface area contributed by atoms with E-state index in [1.165, 1.54) is 12.8 Å². The predicted molar refractivity (Wildman–Crippen MR) is 62.7 cm³/mol. The standard InChI is InChI=1S/C12H24N2O/c1-4-10-6-7-11(9(10)3)14-12(15)8-13-5-2/h9-11,13H,4-8H2,1-3H3,(H,14,15). The molecule has 0 bridgehead atoms. The molecular weight excluding hydrogens is 188 g/mol. The maximum absolute atomic E-state index is 11.5. The number of nitrogens with one attached hydrogen (secondary N) is 2. The van der Waals surface area contributed by atoms with Gasteiger partial charge in [-0.1, -0.05) is 27.2 Å². The van der Waals surface area contributed by atoms with Gasteiger partial charge in [0.15, 0.2) is 0 Å². The summed E-state index contributed by atoms with van der Waals surface area (Å²) in [6.45, 7) is 7.82. The molecule has 1 aliphatic carbocycles. The van der Waals surface area contributed by atoms with Crippen LogP contribution in [0.4, 0.5) is 0 Å². The average molecular weight is 212 g/mol. The molecule has 0 spiro atoms. The fraction of sp³-hybridized carbons (Fsp3) is 0.917. The van der Waals surface area contributed by atoms with Crippen LogP contribution in [0.1, 0.15) is 40.0 Å². The molecule has 3 unspecified atom stereocenters. The molecule has 3 nitrogen and oxygen atoms in total. The van der Waals surface area contributed by atoms with E-state index >= 15 is 0 Å². The molecule has 1 amide bonds. The monoisotopic (exact) mass is 212 g/mol. The fourth-order valence-electron chi connectivity index (χ4n) is 2.52. The van der Waals surface area contributed by atoms with Gasteiger partial charge >= 0.3 is 0 Å². The highest BCUT2D eigenvalue weighted by atomic mass is 16.1. The smallest absolute Gasteiger partial charge is 0.234 e. The zero-order chi connectivity index (χ0) is 11.3. The molecule has 0 saturated heterocycles. The highest BCUT2D eigenvalue weighted by Crippen LogP contribution is 2.33. The highest BCUT2D eigenvalue weighted by molar-refractivity contribution is 5.78.